The normalized spacial score (nSPS) is 11.1. The summed E-state index contributed by atoms with van der Waals surface area (Å²) in [6.07, 6.45) is 0. The molecule has 1 aromatic heterocycles. The standard InChI is InChI=1S/C28H29N3O3S/c1-18(2)16-29-26(32)21-9-14-24-25(15-21)30-28(35-17-20-7-5-19(3)6-8-20)31(27(24)33)22-10-12-23(34-4)13-11-22/h5-15,18H,16-17H2,1-4H3,(H,29,32). The third kappa shape index (κ3) is 5.74. The lowest BCUT2D eigenvalue weighted by Gasteiger charge is -2.14. The Morgan fingerprint density at radius 3 is 2.43 bits per heavy atom. The van der Waals surface area contributed by atoms with Gasteiger partial charge in [0.25, 0.3) is 11.5 Å². The summed E-state index contributed by atoms with van der Waals surface area (Å²) in [5, 5.41) is 3.95. The highest BCUT2D eigenvalue weighted by atomic mass is 32.2. The Labute approximate surface area is 209 Å². The molecule has 0 fully saturated rings. The summed E-state index contributed by atoms with van der Waals surface area (Å²) in [6.45, 7) is 6.72. The van der Waals surface area contributed by atoms with Crippen LogP contribution in [-0.2, 0) is 5.75 Å². The van der Waals surface area contributed by atoms with Gasteiger partial charge >= 0.3 is 0 Å². The van der Waals surface area contributed by atoms with Crippen molar-refractivity contribution in [2.24, 2.45) is 5.92 Å². The second-order valence-corrected chi connectivity index (χ2v) is 9.79. The van der Waals surface area contributed by atoms with E-state index in [0.29, 0.717) is 51.3 Å². The summed E-state index contributed by atoms with van der Waals surface area (Å²) in [5.41, 5.74) is 3.85. The fraction of sp³-hybridized carbons (Fsp3) is 0.250. The SMILES string of the molecule is COc1ccc(-n2c(SCc3ccc(C)cc3)nc3cc(C(=O)NCC(C)C)ccc3c2=O)cc1. The molecular weight excluding hydrogens is 458 g/mol. The number of thioether (sulfide) groups is 1. The zero-order chi connectivity index (χ0) is 24.9. The summed E-state index contributed by atoms with van der Waals surface area (Å²) in [5.74, 6) is 1.54. The van der Waals surface area contributed by atoms with E-state index in [1.807, 2.05) is 38.1 Å². The second kappa shape index (κ2) is 10.8. The zero-order valence-electron chi connectivity index (χ0n) is 20.4. The lowest BCUT2D eigenvalue weighted by atomic mass is 10.1. The van der Waals surface area contributed by atoms with Crippen LogP contribution in [-0.4, -0.2) is 29.1 Å². The van der Waals surface area contributed by atoms with Gasteiger partial charge in [-0.25, -0.2) is 4.98 Å². The van der Waals surface area contributed by atoms with Gasteiger partial charge in [0.05, 0.1) is 23.7 Å². The topological polar surface area (TPSA) is 73.2 Å². The highest BCUT2D eigenvalue weighted by molar-refractivity contribution is 7.98. The smallest absolute Gasteiger partial charge is 0.266 e. The van der Waals surface area contributed by atoms with Crippen LogP contribution in [0.4, 0.5) is 0 Å². The number of nitrogens with one attached hydrogen (secondary N) is 1. The Morgan fingerprint density at radius 2 is 1.77 bits per heavy atom. The van der Waals surface area contributed by atoms with E-state index in [0.717, 1.165) is 5.56 Å². The molecule has 1 amide bonds. The van der Waals surface area contributed by atoms with Crippen LogP contribution in [0.25, 0.3) is 16.6 Å². The van der Waals surface area contributed by atoms with Gasteiger partial charge in [-0.15, -0.1) is 0 Å². The first-order valence-corrected chi connectivity index (χ1v) is 12.5. The van der Waals surface area contributed by atoms with Crippen molar-refractivity contribution < 1.29 is 9.53 Å². The monoisotopic (exact) mass is 487 g/mol. The highest BCUT2D eigenvalue weighted by Crippen LogP contribution is 2.26. The van der Waals surface area contributed by atoms with Gasteiger partial charge in [0.15, 0.2) is 5.16 Å². The average Bonchev–Trinajstić information content (AvgIpc) is 2.87. The molecule has 0 radical (unpaired) electrons. The Kier molecular flexibility index (Phi) is 7.56. The number of hydrogen-bond donors (Lipinski definition) is 1. The predicted molar refractivity (Wildman–Crippen MR) is 142 cm³/mol. The Balaban J connectivity index is 1.78. The maximum Gasteiger partial charge on any atom is 0.266 e. The van der Waals surface area contributed by atoms with Crippen LogP contribution < -0.4 is 15.6 Å². The first kappa shape index (κ1) is 24.5. The number of carbonyl (C=O) groups is 1. The van der Waals surface area contributed by atoms with Gasteiger partial charge < -0.3 is 10.1 Å². The molecule has 0 spiro atoms. The van der Waals surface area contributed by atoms with E-state index >= 15 is 0 Å². The molecule has 0 aliphatic rings. The van der Waals surface area contributed by atoms with Crippen molar-refractivity contribution in [1.82, 2.24) is 14.9 Å². The van der Waals surface area contributed by atoms with Gasteiger partial charge in [0, 0.05) is 17.9 Å². The number of ether oxygens (including phenoxy) is 1. The van der Waals surface area contributed by atoms with Crippen molar-refractivity contribution in [3.05, 3.63) is 93.8 Å². The quantitative estimate of drug-likeness (QED) is 0.267. The van der Waals surface area contributed by atoms with Crippen LogP contribution in [0.3, 0.4) is 0 Å². The number of carbonyl (C=O) groups excluding carboxylic acids is 1. The van der Waals surface area contributed by atoms with E-state index in [4.69, 9.17) is 9.72 Å². The zero-order valence-corrected chi connectivity index (χ0v) is 21.2. The van der Waals surface area contributed by atoms with E-state index < -0.39 is 0 Å². The molecule has 0 atom stereocenters. The van der Waals surface area contributed by atoms with E-state index in [1.54, 1.807) is 29.9 Å². The first-order valence-electron chi connectivity index (χ1n) is 11.5. The molecule has 1 heterocycles. The lowest BCUT2D eigenvalue weighted by Crippen LogP contribution is -2.27. The number of rotatable bonds is 8. The molecule has 4 aromatic rings. The van der Waals surface area contributed by atoms with Crippen molar-refractivity contribution in [3.8, 4) is 11.4 Å². The molecule has 1 N–H and O–H groups in total. The van der Waals surface area contributed by atoms with E-state index in [9.17, 15) is 9.59 Å². The fourth-order valence-electron chi connectivity index (χ4n) is 3.59. The maximum atomic E-state index is 13.6. The van der Waals surface area contributed by atoms with Crippen LogP contribution >= 0.6 is 11.8 Å². The molecule has 4 rings (SSSR count). The number of hydrogen-bond acceptors (Lipinski definition) is 5. The molecule has 7 heteroatoms. The van der Waals surface area contributed by atoms with Crippen LogP contribution in [0.1, 0.15) is 35.3 Å². The van der Waals surface area contributed by atoms with Gasteiger partial charge in [-0.2, -0.15) is 0 Å². The maximum absolute atomic E-state index is 13.6. The van der Waals surface area contributed by atoms with Crippen LogP contribution in [0, 0.1) is 12.8 Å². The molecule has 0 saturated heterocycles. The molecule has 180 valence electrons. The molecule has 0 aliphatic carbocycles. The third-order valence-electron chi connectivity index (χ3n) is 5.59. The minimum atomic E-state index is -0.180. The van der Waals surface area contributed by atoms with Gasteiger partial charge in [0.2, 0.25) is 0 Å². The molecular formula is C28H29N3O3S. The Bertz CT molecular complexity index is 1390. The second-order valence-electron chi connectivity index (χ2n) is 8.84. The van der Waals surface area contributed by atoms with E-state index in [-0.39, 0.29) is 11.5 Å². The summed E-state index contributed by atoms with van der Waals surface area (Å²) < 4.78 is 6.90. The van der Waals surface area contributed by atoms with Gasteiger partial charge in [-0.1, -0.05) is 55.4 Å². The number of nitrogens with zero attached hydrogens (tertiary/aromatic N) is 2. The van der Waals surface area contributed by atoms with Crippen LogP contribution in [0.15, 0.2) is 76.7 Å². The molecule has 0 saturated carbocycles. The van der Waals surface area contributed by atoms with E-state index in [2.05, 4.69) is 36.5 Å². The number of amides is 1. The Hall–Kier alpha value is -3.58. The Morgan fingerprint density at radius 1 is 1.06 bits per heavy atom. The van der Waals surface area contributed by atoms with Crippen molar-refractivity contribution in [1.29, 1.82) is 0 Å². The molecule has 3 aromatic carbocycles. The fourth-order valence-corrected chi connectivity index (χ4v) is 4.56. The average molecular weight is 488 g/mol. The van der Waals surface area contributed by atoms with Crippen molar-refractivity contribution in [2.75, 3.05) is 13.7 Å². The number of methoxy groups -OCH3 is 1. The highest BCUT2D eigenvalue weighted by Gasteiger charge is 2.16. The predicted octanol–water partition coefficient (Wildman–Crippen LogP) is 5.38. The number of fused-ring (bicyclic) bond motifs is 1. The minimum Gasteiger partial charge on any atom is -0.497 e. The largest absolute Gasteiger partial charge is 0.497 e. The minimum absolute atomic E-state index is 0.171. The molecule has 0 unspecified atom stereocenters. The summed E-state index contributed by atoms with van der Waals surface area (Å²) in [4.78, 5) is 31.1. The molecule has 0 bridgehead atoms. The van der Waals surface area contributed by atoms with Crippen LogP contribution in [0.2, 0.25) is 0 Å². The summed E-state index contributed by atoms with van der Waals surface area (Å²) in [7, 11) is 1.61. The van der Waals surface area contributed by atoms with Crippen molar-refractivity contribution in [2.45, 2.75) is 31.7 Å². The van der Waals surface area contributed by atoms with Gasteiger partial charge in [-0.05, 0) is 60.9 Å². The molecule has 0 aliphatic heterocycles. The lowest BCUT2D eigenvalue weighted by molar-refractivity contribution is 0.0949. The third-order valence-corrected chi connectivity index (χ3v) is 6.60. The van der Waals surface area contributed by atoms with Crippen LogP contribution in [0.5, 0.6) is 5.75 Å². The number of aromatic nitrogens is 2. The molecule has 35 heavy (non-hydrogen) atoms. The van der Waals surface area contributed by atoms with Crippen molar-refractivity contribution >= 4 is 28.6 Å². The summed E-state index contributed by atoms with van der Waals surface area (Å²) in [6, 6.07) is 20.7. The number of benzene rings is 3. The van der Waals surface area contributed by atoms with Gasteiger partial charge in [0.1, 0.15) is 5.75 Å². The number of aryl methyl sites for hydroxylation is 1. The van der Waals surface area contributed by atoms with Gasteiger partial charge in [-0.3, -0.25) is 14.2 Å². The summed E-state index contributed by atoms with van der Waals surface area (Å²) >= 11 is 1.49. The molecule has 6 nitrogen and oxygen atoms in total. The first-order chi connectivity index (χ1) is 16.9. The van der Waals surface area contributed by atoms with Crippen molar-refractivity contribution in [3.63, 3.8) is 0 Å². The van der Waals surface area contributed by atoms with E-state index in [1.165, 1.54) is 17.3 Å².